The number of hydroxylamine groups is 1. The Morgan fingerprint density at radius 1 is 0.729 bits per heavy atom. The summed E-state index contributed by atoms with van der Waals surface area (Å²) < 4.78 is 17.6. The summed E-state index contributed by atoms with van der Waals surface area (Å²) in [5.74, 6) is -2.13. The number of amides is 8. The third kappa shape index (κ3) is 20.3. The molecule has 2 aromatic rings. The summed E-state index contributed by atoms with van der Waals surface area (Å²) in [6, 6.07) is 11.8. The Balaban J connectivity index is 1.12. The topological polar surface area (TPSA) is 255 Å². The SMILES string of the molecule is CC[C@H](C)[C@@H]([C@@H](CC(=O)N1CCC[C@H]1[C@H](OC)[C@@H](C)C(=O)N[C@@H](Cc1ccccc1)C(=O)NOCc1ccc(NC(=O)[C@@H](C)NC(=O)CCNC(=O)OCC2C3CC/C=C\CCC32)cc1)OC)N(C)C(=O)[C@@H](NC(=O)[C@H](C(C)C)N(C)C)C(C)C. The Morgan fingerprint density at radius 3 is 1.98 bits per heavy atom. The first-order chi connectivity index (χ1) is 40.5. The van der Waals surface area contributed by atoms with Crippen LogP contribution < -0.4 is 32.1 Å². The smallest absolute Gasteiger partial charge is 0.407 e. The van der Waals surface area contributed by atoms with Crippen molar-refractivity contribution in [3.63, 3.8) is 0 Å². The summed E-state index contributed by atoms with van der Waals surface area (Å²) >= 11 is 0. The lowest BCUT2D eigenvalue weighted by atomic mass is 9.89. The van der Waals surface area contributed by atoms with E-state index in [0.29, 0.717) is 61.4 Å². The summed E-state index contributed by atoms with van der Waals surface area (Å²) in [6.45, 7) is 15.9. The van der Waals surface area contributed by atoms with Crippen LogP contribution >= 0.6 is 0 Å². The molecule has 6 N–H and O–H groups in total. The average molecular weight is 1190 g/mol. The number of anilines is 1. The molecule has 1 heterocycles. The van der Waals surface area contributed by atoms with Crippen LogP contribution in [0.25, 0.3) is 0 Å². The second-order valence-corrected chi connectivity index (χ2v) is 24.3. The number of benzene rings is 2. The van der Waals surface area contributed by atoms with Crippen LogP contribution in [0.4, 0.5) is 10.5 Å². The molecule has 2 unspecified atom stereocenters. The van der Waals surface area contributed by atoms with Gasteiger partial charge in [-0.3, -0.25) is 43.3 Å². The molecule has 1 saturated carbocycles. The van der Waals surface area contributed by atoms with Crippen molar-refractivity contribution >= 4 is 53.1 Å². The first kappa shape index (κ1) is 69.4. The van der Waals surface area contributed by atoms with Gasteiger partial charge in [-0.1, -0.05) is 110 Å². The van der Waals surface area contributed by atoms with Crippen molar-refractivity contribution in [1.29, 1.82) is 0 Å². The lowest BCUT2D eigenvalue weighted by molar-refractivity contribution is -0.148. The summed E-state index contributed by atoms with van der Waals surface area (Å²) in [7, 11) is 8.43. The maximum absolute atomic E-state index is 14.5. The molecule has 0 spiro atoms. The molecule has 472 valence electrons. The Labute approximate surface area is 504 Å². The van der Waals surface area contributed by atoms with E-state index in [2.05, 4.69) is 44.2 Å². The highest BCUT2D eigenvalue weighted by molar-refractivity contribution is 5.97. The van der Waals surface area contributed by atoms with Crippen LogP contribution in [0.5, 0.6) is 0 Å². The molecule has 5 rings (SSSR count). The van der Waals surface area contributed by atoms with Crippen LogP contribution in [0.1, 0.15) is 124 Å². The quantitative estimate of drug-likeness (QED) is 0.0355. The van der Waals surface area contributed by atoms with Crippen molar-refractivity contribution in [3.8, 4) is 0 Å². The van der Waals surface area contributed by atoms with Crippen molar-refractivity contribution in [2.45, 2.75) is 175 Å². The van der Waals surface area contributed by atoms with E-state index in [4.69, 9.17) is 19.0 Å². The molecule has 1 saturated heterocycles. The van der Waals surface area contributed by atoms with Gasteiger partial charge in [0, 0.05) is 52.9 Å². The van der Waals surface area contributed by atoms with E-state index >= 15 is 0 Å². The Kier molecular flexibility index (Phi) is 27.8. The van der Waals surface area contributed by atoms with Gasteiger partial charge in [-0.2, -0.15) is 0 Å². The van der Waals surface area contributed by atoms with Crippen LogP contribution in [-0.4, -0.2) is 166 Å². The third-order valence-electron chi connectivity index (χ3n) is 17.3. The highest BCUT2D eigenvalue weighted by atomic mass is 16.7. The molecule has 1 aliphatic heterocycles. The zero-order valence-electron chi connectivity index (χ0n) is 52.7. The maximum Gasteiger partial charge on any atom is 0.407 e. The number of hydrogen-bond donors (Lipinski definition) is 6. The predicted octanol–water partition coefficient (Wildman–Crippen LogP) is 6.16. The number of carbonyl (C=O) groups is 8. The van der Waals surface area contributed by atoms with Crippen molar-refractivity contribution in [3.05, 3.63) is 77.9 Å². The van der Waals surface area contributed by atoms with Gasteiger partial charge in [0.25, 0.3) is 5.91 Å². The van der Waals surface area contributed by atoms with Crippen molar-refractivity contribution in [1.82, 2.24) is 41.4 Å². The van der Waals surface area contributed by atoms with Gasteiger partial charge in [0.1, 0.15) is 18.1 Å². The second-order valence-electron chi connectivity index (χ2n) is 24.3. The molecule has 8 amide bonds. The molecule has 21 heteroatoms. The number of nitrogens with zero attached hydrogens (tertiary/aromatic N) is 3. The van der Waals surface area contributed by atoms with Gasteiger partial charge in [-0.15, -0.1) is 0 Å². The molecule has 0 bridgehead atoms. The average Bonchev–Trinajstić information content (AvgIpc) is 2.31. The molecule has 2 aliphatic carbocycles. The summed E-state index contributed by atoms with van der Waals surface area (Å²) in [4.78, 5) is 120. The number of fused-ring (bicyclic) bond motifs is 1. The molecule has 2 fully saturated rings. The highest BCUT2D eigenvalue weighted by Gasteiger charge is 2.49. The second kappa shape index (κ2) is 34.1. The molecule has 2 aromatic carbocycles. The van der Waals surface area contributed by atoms with Gasteiger partial charge in [-0.05, 0) is 118 Å². The first-order valence-electron chi connectivity index (χ1n) is 30.6. The van der Waals surface area contributed by atoms with Crippen LogP contribution in [0.2, 0.25) is 0 Å². The normalized spacial score (nSPS) is 21.0. The van der Waals surface area contributed by atoms with Gasteiger partial charge in [0.15, 0.2) is 0 Å². The number of allylic oxidation sites excluding steroid dienone is 2. The fourth-order valence-electron chi connectivity index (χ4n) is 12.3. The number of hydrogen-bond acceptors (Lipinski definition) is 13. The molecular formula is C64H99N9O12. The lowest BCUT2D eigenvalue weighted by Crippen LogP contribution is -2.59. The molecule has 85 heavy (non-hydrogen) atoms. The van der Waals surface area contributed by atoms with E-state index in [1.54, 1.807) is 55.0 Å². The number of likely N-dealkylation sites (tertiary alicyclic amines) is 1. The predicted molar refractivity (Wildman–Crippen MR) is 325 cm³/mol. The minimum atomic E-state index is -1.06. The minimum absolute atomic E-state index is 0.00766. The Bertz CT molecular complexity index is 2510. The zero-order chi connectivity index (χ0) is 62.5. The van der Waals surface area contributed by atoms with E-state index in [1.807, 2.05) is 90.9 Å². The summed E-state index contributed by atoms with van der Waals surface area (Å²) in [5.41, 5.74) is 4.42. The largest absolute Gasteiger partial charge is 0.449 e. The number of nitrogens with one attached hydrogen (secondary N) is 6. The highest BCUT2D eigenvalue weighted by Crippen LogP contribution is 2.52. The molecule has 12 atom stereocenters. The number of rotatable bonds is 32. The Hall–Kier alpha value is -6.42. The number of methoxy groups -OCH3 is 2. The van der Waals surface area contributed by atoms with Crippen molar-refractivity contribution in [2.24, 2.45) is 41.4 Å². The minimum Gasteiger partial charge on any atom is -0.449 e. The maximum atomic E-state index is 14.5. The van der Waals surface area contributed by atoms with E-state index < -0.39 is 84.1 Å². The van der Waals surface area contributed by atoms with Crippen LogP contribution in [0.3, 0.4) is 0 Å². The van der Waals surface area contributed by atoms with E-state index in [-0.39, 0.29) is 67.9 Å². The number of likely N-dealkylation sites (N-methyl/N-ethyl adjacent to an activating group) is 2. The molecular weight excluding hydrogens is 1090 g/mol. The fourth-order valence-corrected chi connectivity index (χ4v) is 12.3. The van der Waals surface area contributed by atoms with Gasteiger partial charge >= 0.3 is 6.09 Å². The fraction of sp³-hybridized carbons (Fsp3) is 0.656. The van der Waals surface area contributed by atoms with Crippen LogP contribution in [0, 0.1) is 41.4 Å². The van der Waals surface area contributed by atoms with Crippen molar-refractivity contribution < 1.29 is 57.4 Å². The van der Waals surface area contributed by atoms with Gasteiger partial charge in [0.2, 0.25) is 35.4 Å². The van der Waals surface area contributed by atoms with Crippen molar-refractivity contribution in [2.75, 3.05) is 60.4 Å². The van der Waals surface area contributed by atoms with E-state index in [9.17, 15) is 38.4 Å². The van der Waals surface area contributed by atoms with E-state index in [1.165, 1.54) is 14.2 Å². The molecule has 0 aromatic heterocycles. The summed E-state index contributed by atoms with van der Waals surface area (Å²) in [6.07, 6.45) is 8.80. The van der Waals surface area contributed by atoms with Gasteiger partial charge in [0.05, 0.1) is 55.9 Å². The third-order valence-corrected chi connectivity index (χ3v) is 17.3. The summed E-state index contributed by atoms with van der Waals surface area (Å²) in [5, 5.41) is 14.0. The molecule has 3 aliphatic rings. The van der Waals surface area contributed by atoms with Gasteiger partial charge in [-0.25, -0.2) is 10.3 Å². The number of ether oxygens (including phenoxy) is 3. The zero-order valence-corrected chi connectivity index (χ0v) is 52.7. The monoisotopic (exact) mass is 1190 g/mol. The van der Waals surface area contributed by atoms with Gasteiger partial charge < -0.3 is 50.6 Å². The van der Waals surface area contributed by atoms with Crippen LogP contribution in [-0.2, 0) is 65.6 Å². The first-order valence-corrected chi connectivity index (χ1v) is 30.6. The van der Waals surface area contributed by atoms with E-state index in [0.717, 1.165) is 31.2 Å². The van der Waals surface area contributed by atoms with Crippen LogP contribution in [0.15, 0.2) is 66.7 Å². The number of alkyl carbamates (subject to hydrolysis) is 1. The Morgan fingerprint density at radius 2 is 1.39 bits per heavy atom. The molecule has 0 radical (unpaired) electrons. The lowest BCUT2D eigenvalue weighted by Gasteiger charge is -2.41. The standard InChI is InChI=1S/C64H99N9O12/c1-14-41(6)57(72(11)63(80)55(39(2)3)69-62(79)56(40(4)5)71(9)10)52(82-12)36-54(75)73-34-22-27-51(73)58(83-13)42(7)59(76)68-50(35-44-23-18-17-19-24-44)61(78)70-85-37-45-28-30-46(31-29-45)67-60(77)43(8)66-53(74)32-33-65-64(81)84-38-49-47-25-20-15-16-21-26-48(47)49/h15-19,23-24,28-31,39-43,47-52,55-58H,14,20-22,25-27,32-38H2,1-13H3,(H,65,81)(H,66,74)(H,67,77)(H,68,76)(H,69,79)(H,70,78)/b16-15-/t41-,42+,43+,47?,48?,49?,50-,51-,52+,55-,56-,57-,58+/m0/s1. The molecule has 21 nitrogen and oxygen atoms in total. The number of carbonyl (C=O) groups excluding carboxylic acids is 8.